The molecule has 0 aliphatic carbocycles. The first kappa shape index (κ1) is 12.2. The van der Waals surface area contributed by atoms with Crippen LogP contribution in [0.4, 0.5) is 0 Å². The third-order valence-electron chi connectivity index (χ3n) is 2.04. The number of rotatable bonds is 2. The topological polar surface area (TPSA) is 71.5 Å². The number of halogens is 2. The van der Waals surface area contributed by atoms with E-state index >= 15 is 0 Å². The lowest BCUT2D eigenvalue weighted by molar-refractivity contribution is 0.318. The van der Waals surface area contributed by atoms with Crippen LogP contribution in [0.25, 0.3) is 11.3 Å². The number of thiazole rings is 1. The van der Waals surface area contributed by atoms with Crippen molar-refractivity contribution in [2.75, 3.05) is 0 Å². The summed E-state index contributed by atoms with van der Waals surface area (Å²) in [5.41, 5.74) is 6.80. The minimum absolute atomic E-state index is 0.0283. The first-order chi connectivity index (χ1) is 8.11. The summed E-state index contributed by atoms with van der Waals surface area (Å²) in [5, 5.41) is 14.8. The summed E-state index contributed by atoms with van der Waals surface area (Å²) in [6.45, 7) is 0. The van der Waals surface area contributed by atoms with E-state index in [1.807, 2.05) is 0 Å². The summed E-state index contributed by atoms with van der Waals surface area (Å²) < 4.78 is 0. The third-order valence-corrected chi connectivity index (χ3v) is 3.46. The Balaban J connectivity index is 2.47. The Labute approximate surface area is 111 Å². The molecule has 0 amide bonds. The lowest BCUT2D eigenvalue weighted by Crippen LogP contribution is -2.12. The summed E-state index contributed by atoms with van der Waals surface area (Å²) in [6, 6.07) is 5.11. The van der Waals surface area contributed by atoms with Crippen molar-refractivity contribution < 1.29 is 5.21 Å². The highest BCUT2D eigenvalue weighted by Crippen LogP contribution is 2.31. The van der Waals surface area contributed by atoms with Gasteiger partial charge in [0.1, 0.15) is 0 Å². The highest BCUT2D eigenvalue weighted by molar-refractivity contribution is 7.12. The molecule has 88 valence electrons. The van der Waals surface area contributed by atoms with Crippen molar-refractivity contribution in [2.45, 2.75) is 0 Å². The van der Waals surface area contributed by atoms with E-state index in [9.17, 15) is 0 Å². The number of oxime groups is 1. The van der Waals surface area contributed by atoms with Crippen molar-refractivity contribution in [3.05, 3.63) is 38.6 Å². The van der Waals surface area contributed by atoms with Crippen LogP contribution < -0.4 is 5.73 Å². The average molecular weight is 288 g/mol. The predicted octanol–water partition coefficient (Wildman–Crippen LogP) is 3.21. The summed E-state index contributed by atoms with van der Waals surface area (Å²) in [5.74, 6) is -0.0283. The molecule has 1 heterocycles. The number of hydrogen-bond donors (Lipinski definition) is 2. The van der Waals surface area contributed by atoms with Crippen LogP contribution in [0.2, 0.25) is 10.0 Å². The van der Waals surface area contributed by atoms with E-state index in [0.29, 0.717) is 26.3 Å². The maximum atomic E-state index is 8.55. The molecule has 2 rings (SSSR count). The van der Waals surface area contributed by atoms with Crippen LogP contribution in [0.1, 0.15) is 5.01 Å². The molecule has 0 aliphatic rings. The smallest absolute Gasteiger partial charge is 0.199 e. The molecule has 17 heavy (non-hydrogen) atoms. The Bertz CT molecular complexity index is 583. The van der Waals surface area contributed by atoms with Crippen LogP contribution in [0.15, 0.2) is 28.7 Å². The molecule has 0 unspecified atom stereocenters. The van der Waals surface area contributed by atoms with Crippen molar-refractivity contribution in [3.8, 4) is 11.3 Å². The normalized spacial score (nSPS) is 11.8. The molecule has 0 atom stereocenters. The molecular weight excluding hydrogens is 281 g/mol. The predicted molar refractivity (Wildman–Crippen MR) is 70.1 cm³/mol. The van der Waals surface area contributed by atoms with Gasteiger partial charge < -0.3 is 10.9 Å². The summed E-state index contributed by atoms with van der Waals surface area (Å²) >= 11 is 13.2. The lowest BCUT2D eigenvalue weighted by Gasteiger charge is -2.00. The van der Waals surface area contributed by atoms with E-state index < -0.39 is 0 Å². The molecule has 0 saturated heterocycles. The fraction of sp³-hybridized carbons (Fsp3) is 0. The van der Waals surface area contributed by atoms with E-state index in [-0.39, 0.29) is 5.84 Å². The van der Waals surface area contributed by atoms with Crippen LogP contribution in [0, 0.1) is 0 Å². The minimum atomic E-state index is -0.0283. The van der Waals surface area contributed by atoms with Crippen molar-refractivity contribution in [3.63, 3.8) is 0 Å². The van der Waals surface area contributed by atoms with Gasteiger partial charge in [0.15, 0.2) is 10.8 Å². The van der Waals surface area contributed by atoms with Gasteiger partial charge in [0.25, 0.3) is 0 Å². The van der Waals surface area contributed by atoms with Gasteiger partial charge in [-0.1, -0.05) is 28.4 Å². The molecular formula is C10H7Cl2N3OS. The molecule has 7 heteroatoms. The molecule has 0 radical (unpaired) electrons. The standard InChI is InChI=1S/C10H7Cl2N3OS/c11-5-1-2-7(12)6(3-5)8-4-17-10(14-8)9(13)15-16/h1-4,16H,(H2,13,15). The molecule has 0 spiro atoms. The number of benzene rings is 1. The fourth-order valence-corrected chi connectivity index (χ4v) is 2.35. The first-order valence-corrected chi connectivity index (χ1v) is 6.14. The molecule has 1 aromatic carbocycles. The van der Waals surface area contributed by atoms with Gasteiger partial charge in [0.2, 0.25) is 0 Å². The van der Waals surface area contributed by atoms with Gasteiger partial charge in [-0.25, -0.2) is 4.98 Å². The molecule has 0 fully saturated rings. The van der Waals surface area contributed by atoms with Gasteiger partial charge in [-0.15, -0.1) is 11.3 Å². The molecule has 2 aromatic rings. The van der Waals surface area contributed by atoms with Crippen LogP contribution >= 0.6 is 34.5 Å². The zero-order chi connectivity index (χ0) is 12.4. The van der Waals surface area contributed by atoms with Crippen LogP contribution in [0.5, 0.6) is 0 Å². The maximum absolute atomic E-state index is 8.55. The highest BCUT2D eigenvalue weighted by Gasteiger charge is 2.11. The van der Waals surface area contributed by atoms with Crippen molar-refractivity contribution in [2.24, 2.45) is 10.9 Å². The first-order valence-electron chi connectivity index (χ1n) is 4.50. The second-order valence-electron chi connectivity index (χ2n) is 3.15. The van der Waals surface area contributed by atoms with Crippen LogP contribution in [0.3, 0.4) is 0 Å². The van der Waals surface area contributed by atoms with Gasteiger partial charge >= 0.3 is 0 Å². The number of amidine groups is 1. The average Bonchev–Trinajstić information content (AvgIpc) is 2.80. The molecule has 3 N–H and O–H groups in total. The Morgan fingerprint density at radius 1 is 1.41 bits per heavy atom. The SMILES string of the molecule is N/C(=N/O)c1nc(-c2cc(Cl)ccc2Cl)cs1. The third kappa shape index (κ3) is 2.52. The van der Waals surface area contributed by atoms with E-state index in [0.717, 1.165) is 0 Å². The highest BCUT2D eigenvalue weighted by atomic mass is 35.5. The summed E-state index contributed by atoms with van der Waals surface area (Å²) in [6.07, 6.45) is 0. The zero-order valence-corrected chi connectivity index (χ0v) is 10.7. The van der Waals surface area contributed by atoms with Gasteiger partial charge in [0, 0.05) is 16.0 Å². The molecule has 4 nitrogen and oxygen atoms in total. The second kappa shape index (κ2) is 4.91. The van der Waals surface area contributed by atoms with E-state index in [1.165, 1.54) is 11.3 Å². The number of aromatic nitrogens is 1. The van der Waals surface area contributed by atoms with E-state index in [1.54, 1.807) is 23.6 Å². The second-order valence-corrected chi connectivity index (χ2v) is 4.85. The molecule has 0 aliphatic heterocycles. The summed E-state index contributed by atoms with van der Waals surface area (Å²) in [7, 11) is 0. The number of hydrogen-bond acceptors (Lipinski definition) is 4. The van der Waals surface area contributed by atoms with Crippen molar-refractivity contribution in [1.29, 1.82) is 0 Å². The molecule has 1 aromatic heterocycles. The summed E-state index contributed by atoms with van der Waals surface area (Å²) in [4.78, 5) is 4.21. The van der Waals surface area contributed by atoms with E-state index in [4.69, 9.17) is 34.1 Å². The Hall–Kier alpha value is -1.30. The molecule has 0 saturated carbocycles. The largest absolute Gasteiger partial charge is 0.409 e. The minimum Gasteiger partial charge on any atom is -0.409 e. The lowest BCUT2D eigenvalue weighted by atomic mass is 10.2. The van der Waals surface area contributed by atoms with Gasteiger partial charge in [0.05, 0.1) is 10.7 Å². The van der Waals surface area contributed by atoms with E-state index in [2.05, 4.69) is 10.1 Å². The van der Waals surface area contributed by atoms with Crippen LogP contribution in [-0.4, -0.2) is 16.0 Å². The van der Waals surface area contributed by atoms with Gasteiger partial charge in [-0.3, -0.25) is 0 Å². The Morgan fingerprint density at radius 3 is 2.88 bits per heavy atom. The number of nitrogens with two attached hydrogens (primary N) is 1. The quantitative estimate of drug-likeness (QED) is 0.386. The van der Waals surface area contributed by atoms with Crippen LogP contribution in [-0.2, 0) is 0 Å². The maximum Gasteiger partial charge on any atom is 0.199 e. The number of nitrogens with zero attached hydrogens (tertiary/aromatic N) is 2. The van der Waals surface area contributed by atoms with Crippen molar-refractivity contribution >= 4 is 40.4 Å². The Morgan fingerprint density at radius 2 is 2.18 bits per heavy atom. The van der Waals surface area contributed by atoms with Gasteiger partial charge in [-0.2, -0.15) is 0 Å². The Kier molecular flexibility index (Phi) is 3.51. The molecule has 0 bridgehead atoms. The van der Waals surface area contributed by atoms with Crippen molar-refractivity contribution in [1.82, 2.24) is 4.98 Å². The zero-order valence-electron chi connectivity index (χ0n) is 8.39. The monoisotopic (exact) mass is 287 g/mol. The van der Waals surface area contributed by atoms with Gasteiger partial charge in [-0.05, 0) is 18.2 Å². The fourth-order valence-electron chi connectivity index (χ4n) is 1.25.